The molecule has 1 rings (SSSR count). The van der Waals surface area contributed by atoms with E-state index < -0.39 is 33.0 Å². The molecule has 7 nitrogen and oxygen atoms in total. The van der Waals surface area contributed by atoms with Crippen LogP contribution in [0.15, 0.2) is 24.3 Å². The summed E-state index contributed by atoms with van der Waals surface area (Å²) >= 11 is 32.9. The molecule has 0 saturated heterocycles. The number of halogens is 6. The highest BCUT2D eigenvalue weighted by Crippen LogP contribution is 2.27. The summed E-state index contributed by atoms with van der Waals surface area (Å²) in [5.74, 6) is -0.0721. The molecule has 2 N–H and O–H groups in total. The van der Waals surface area contributed by atoms with Crippen molar-refractivity contribution in [1.82, 2.24) is 5.43 Å². The molecule has 0 heterocycles. The van der Waals surface area contributed by atoms with Crippen LogP contribution in [0.25, 0.3) is 0 Å². The summed E-state index contributed by atoms with van der Waals surface area (Å²) in [5.41, 5.74) is 2.18. The standard InChI is InChI=1S/C12H10Cl6N2O5/c13-11(14,15)5-24-9(22)19-20(7-1-3-8(21)4-2-7)10(23)25-6-12(16,17)18/h1-4,21H,5-6H2,(H,19,22). The van der Waals surface area contributed by atoms with Crippen molar-refractivity contribution in [3.8, 4) is 5.75 Å². The second kappa shape index (κ2) is 9.30. The van der Waals surface area contributed by atoms with Gasteiger partial charge in [-0.3, -0.25) is 0 Å². The van der Waals surface area contributed by atoms with E-state index in [-0.39, 0.29) is 11.4 Å². The Bertz CT molecular complexity index is 601. The molecule has 0 radical (unpaired) electrons. The van der Waals surface area contributed by atoms with Crippen LogP contribution in [-0.4, -0.2) is 38.1 Å². The maximum absolute atomic E-state index is 12.1. The second-order valence-corrected chi connectivity index (χ2v) is 9.36. The maximum atomic E-state index is 12.1. The van der Waals surface area contributed by atoms with Crippen molar-refractivity contribution in [2.24, 2.45) is 0 Å². The van der Waals surface area contributed by atoms with Gasteiger partial charge in [0, 0.05) is 0 Å². The van der Waals surface area contributed by atoms with Gasteiger partial charge >= 0.3 is 12.2 Å². The number of hydrogen-bond acceptors (Lipinski definition) is 5. The zero-order chi connectivity index (χ0) is 19.3. The van der Waals surface area contributed by atoms with Crippen LogP contribution in [-0.2, 0) is 9.47 Å². The fraction of sp³-hybridized carbons (Fsp3) is 0.333. The number of carbonyl (C=O) groups is 2. The molecule has 2 amide bonds. The van der Waals surface area contributed by atoms with Crippen LogP contribution in [0.1, 0.15) is 0 Å². The minimum Gasteiger partial charge on any atom is -0.508 e. The number of benzene rings is 1. The quantitative estimate of drug-likeness (QED) is 0.489. The van der Waals surface area contributed by atoms with E-state index in [1.165, 1.54) is 24.3 Å². The van der Waals surface area contributed by atoms with Gasteiger partial charge in [-0.2, -0.15) is 5.01 Å². The van der Waals surface area contributed by atoms with Crippen molar-refractivity contribution in [3.05, 3.63) is 24.3 Å². The van der Waals surface area contributed by atoms with Gasteiger partial charge in [0.05, 0.1) is 5.69 Å². The predicted molar refractivity (Wildman–Crippen MR) is 97.0 cm³/mol. The Labute approximate surface area is 172 Å². The van der Waals surface area contributed by atoms with Crippen molar-refractivity contribution in [1.29, 1.82) is 0 Å². The molecule has 0 atom stereocenters. The Balaban J connectivity index is 2.86. The number of ether oxygens (including phenoxy) is 2. The number of phenols is 1. The lowest BCUT2D eigenvalue weighted by atomic mass is 10.3. The van der Waals surface area contributed by atoms with Gasteiger partial charge < -0.3 is 14.6 Å². The summed E-state index contributed by atoms with van der Waals surface area (Å²) < 4.78 is 5.74. The maximum Gasteiger partial charge on any atom is 0.433 e. The fourth-order valence-corrected chi connectivity index (χ4v) is 1.62. The first-order valence-electron chi connectivity index (χ1n) is 6.20. The van der Waals surface area contributed by atoms with Crippen molar-refractivity contribution in [2.75, 3.05) is 18.2 Å². The molecule has 1 aromatic carbocycles. The molecule has 0 aliphatic heterocycles. The molecule has 0 bridgehead atoms. The molecule has 0 fully saturated rings. The lowest BCUT2D eigenvalue weighted by Gasteiger charge is -2.23. The van der Waals surface area contributed by atoms with E-state index in [2.05, 4.69) is 10.2 Å². The Morgan fingerprint density at radius 2 is 1.44 bits per heavy atom. The molecular formula is C12H10Cl6N2O5. The van der Waals surface area contributed by atoms with Gasteiger partial charge in [-0.05, 0) is 24.3 Å². The molecular weight excluding hydrogens is 465 g/mol. The number of nitrogens with one attached hydrogen (secondary N) is 1. The molecule has 140 valence electrons. The molecule has 0 spiro atoms. The first-order valence-corrected chi connectivity index (χ1v) is 8.47. The van der Waals surface area contributed by atoms with E-state index >= 15 is 0 Å². The third-order valence-corrected chi connectivity index (χ3v) is 2.87. The number of amides is 2. The Morgan fingerprint density at radius 3 is 1.92 bits per heavy atom. The van der Waals surface area contributed by atoms with Gasteiger partial charge in [-0.25, -0.2) is 15.0 Å². The monoisotopic (exact) mass is 472 g/mol. The predicted octanol–water partition coefficient (Wildman–Crippen LogP) is 4.72. The van der Waals surface area contributed by atoms with E-state index in [0.29, 0.717) is 5.01 Å². The first-order chi connectivity index (χ1) is 11.4. The largest absolute Gasteiger partial charge is 0.508 e. The lowest BCUT2D eigenvalue weighted by molar-refractivity contribution is 0.135. The van der Waals surface area contributed by atoms with Gasteiger partial charge in [-0.1, -0.05) is 69.6 Å². The number of carbonyl (C=O) groups excluding carboxylic acids is 2. The van der Waals surface area contributed by atoms with Crippen LogP contribution < -0.4 is 10.4 Å². The zero-order valence-electron chi connectivity index (χ0n) is 12.0. The molecule has 0 aliphatic carbocycles. The van der Waals surface area contributed by atoms with Crippen molar-refractivity contribution < 1.29 is 24.2 Å². The average Bonchev–Trinajstić information content (AvgIpc) is 2.48. The Hall–Kier alpha value is -0.700. The van der Waals surface area contributed by atoms with Gasteiger partial charge in [0.25, 0.3) is 0 Å². The fourth-order valence-electron chi connectivity index (χ4n) is 1.30. The number of hydrogen-bond donors (Lipinski definition) is 2. The van der Waals surface area contributed by atoms with Gasteiger partial charge in [0.15, 0.2) is 0 Å². The number of rotatable bonds is 3. The first kappa shape index (κ1) is 22.3. The molecule has 1 aromatic rings. The minimum atomic E-state index is -1.85. The summed E-state index contributed by atoms with van der Waals surface area (Å²) in [4.78, 5) is 23.9. The molecule has 0 saturated carbocycles. The van der Waals surface area contributed by atoms with Crippen LogP contribution in [0.2, 0.25) is 0 Å². The van der Waals surface area contributed by atoms with E-state index in [0.717, 1.165) is 0 Å². The number of aromatic hydroxyl groups is 1. The highest BCUT2D eigenvalue weighted by molar-refractivity contribution is 6.68. The average molecular weight is 475 g/mol. The lowest BCUT2D eigenvalue weighted by Crippen LogP contribution is -2.48. The van der Waals surface area contributed by atoms with Crippen LogP contribution >= 0.6 is 69.6 Å². The van der Waals surface area contributed by atoms with E-state index in [9.17, 15) is 14.7 Å². The van der Waals surface area contributed by atoms with Gasteiger partial charge in [0.2, 0.25) is 7.59 Å². The summed E-state index contributed by atoms with van der Waals surface area (Å²) in [6, 6.07) is 5.14. The number of hydrazine groups is 1. The van der Waals surface area contributed by atoms with Crippen LogP contribution in [0, 0.1) is 0 Å². The van der Waals surface area contributed by atoms with Gasteiger partial charge in [-0.15, -0.1) is 0 Å². The normalized spacial score (nSPS) is 11.6. The minimum absolute atomic E-state index is 0.0721. The number of anilines is 1. The Kier molecular flexibility index (Phi) is 8.31. The van der Waals surface area contributed by atoms with E-state index in [4.69, 9.17) is 74.3 Å². The van der Waals surface area contributed by atoms with Crippen molar-refractivity contribution >= 4 is 87.5 Å². The zero-order valence-corrected chi connectivity index (χ0v) is 16.6. The number of alkyl halides is 6. The molecule has 0 unspecified atom stereocenters. The van der Waals surface area contributed by atoms with Crippen molar-refractivity contribution in [3.63, 3.8) is 0 Å². The molecule has 13 heteroatoms. The van der Waals surface area contributed by atoms with Gasteiger partial charge in [0.1, 0.15) is 19.0 Å². The molecule has 25 heavy (non-hydrogen) atoms. The van der Waals surface area contributed by atoms with Crippen LogP contribution in [0.3, 0.4) is 0 Å². The number of nitrogens with zero attached hydrogens (tertiary/aromatic N) is 1. The van der Waals surface area contributed by atoms with E-state index in [1.807, 2.05) is 0 Å². The third-order valence-electron chi connectivity index (χ3n) is 2.22. The summed E-state index contributed by atoms with van der Waals surface area (Å²) in [6.07, 6.45) is -2.21. The molecule has 0 aliphatic rings. The number of phenolic OH excluding ortho intramolecular Hbond substituents is 1. The summed E-state index contributed by atoms with van der Waals surface area (Å²) in [7, 11) is 0. The smallest absolute Gasteiger partial charge is 0.433 e. The molecule has 0 aromatic heterocycles. The SMILES string of the molecule is O=C(NN(C(=O)OCC(Cl)(Cl)Cl)c1ccc(O)cc1)OCC(Cl)(Cl)Cl. The highest BCUT2D eigenvalue weighted by Gasteiger charge is 2.28. The van der Waals surface area contributed by atoms with Crippen LogP contribution in [0.5, 0.6) is 5.75 Å². The topological polar surface area (TPSA) is 88.1 Å². The third kappa shape index (κ3) is 9.53. The Morgan fingerprint density at radius 1 is 0.960 bits per heavy atom. The summed E-state index contributed by atoms with van der Waals surface area (Å²) in [6.45, 7) is -1.16. The highest BCUT2D eigenvalue weighted by atomic mass is 35.6. The summed E-state index contributed by atoms with van der Waals surface area (Å²) in [5, 5.41) is 9.95. The second-order valence-electron chi connectivity index (χ2n) is 4.32. The van der Waals surface area contributed by atoms with E-state index in [1.54, 1.807) is 0 Å². The van der Waals surface area contributed by atoms with Crippen LogP contribution in [0.4, 0.5) is 15.3 Å². The van der Waals surface area contributed by atoms with Crippen molar-refractivity contribution in [2.45, 2.75) is 7.59 Å².